The minimum atomic E-state index is -0.548. The van der Waals surface area contributed by atoms with Crippen LogP contribution in [-0.2, 0) is 10.2 Å². The summed E-state index contributed by atoms with van der Waals surface area (Å²) in [5.41, 5.74) is 0.212. The van der Waals surface area contributed by atoms with Gasteiger partial charge in [-0.3, -0.25) is 4.79 Å². The Morgan fingerprint density at radius 3 is 2.80 bits per heavy atom. The maximum absolute atomic E-state index is 13.3. The van der Waals surface area contributed by atoms with Crippen LogP contribution in [0, 0.1) is 11.7 Å². The summed E-state index contributed by atoms with van der Waals surface area (Å²) in [4.78, 5) is 12.5. The van der Waals surface area contributed by atoms with Gasteiger partial charge < -0.3 is 10.4 Å². The lowest BCUT2D eigenvalue weighted by atomic mass is 9.94. The zero-order chi connectivity index (χ0) is 14.2. The Balaban J connectivity index is 1.70. The fourth-order valence-corrected chi connectivity index (χ4v) is 2.88. The molecule has 20 heavy (non-hydrogen) atoms. The van der Waals surface area contributed by atoms with E-state index in [0.29, 0.717) is 0 Å². The largest absolute Gasteiger partial charge is 0.396 e. The highest BCUT2D eigenvalue weighted by atomic mass is 19.1. The van der Waals surface area contributed by atoms with E-state index in [1.54, 1.807) is 6.07 Å². The number of carbonyl (C=O) groups is 1. The molecule has 0 saturated heterocycles. The second kappa shape index (κ2) is 5.02. The Hall–Kier alpha value is -1.68. The first-order valence-corrected chi connectivity index (χ1v) is 7.00. The lowest BCUT2D eigenvalue weighted by Crippen LogP contribution is -2.40. The minimum absolute atomic E-state index is 0.0225. The van der Waals surface area contributed by atoms with Gasteiger partial charge in [0.05, 0.1) is 5.41 Å². The number of aliphatic hydroxyl groups is 1. The van der Waals surface area contributed by atoms with Crippen molar-refractivity contribution in [1.29, 1.82) is 0 Å². The highest BCUT2D eigenvalue weighted by Gasteiger charge is 2.51. The van der Waals surface area contributed by atoms with Gasteiger partial charge in [0, 0.05) is 18.6 Å². The number of hydrogen-bond acceptors (Lipinski definition) is 2. The van der Waals surface area contributed by atoms with Crippen molar-refractivity contribution in [2.45, 2.75) is 30.7 Å². The van der Waals surface area contributed by atoms with Gasteiger partial charge in [0.15, 0.2) is 0 Å². The molecule has 1 aromatic rings. The summed E-state index contributed by atoms with van der Waals surface area (Å²) in [5, 5.41) is 12.1. The second-order valence-corrected chi connectivity index (χ2v) is 5.74. The van der Waals surface area contributed by atoms with Gasteiger partial charge in [-0.25, -0.2) is 4.39 Å². The van der Waals surface area contributed by atoms with E-state index in [1.165, 1.54) is 12.1 Å². The lowest BCUT2D eigenvalue weighted by Gasteiger charge is -2.19. The van der Waals surface area contributed by atoms with Crippen LogP contribution in [0.1, 0.15) is 24.8 Å². The Morgan fingerprint density at radius 1 is 1.40 bits per heavy atom. The first-order chi connectivity index (χ1) is 9.64. The number of amides is 1. The van der Waals surface area contributed by atoms with Crippen molar-refractivity contribution in [1.82, 2.24) is 5.32 Å². The Bertz CT molecular complexity index is 551. The smallest absolute Gasteiger partial charge is 0.231 e. The topological polar surface area (TPSA) is 49.3 Å². The third-order valence-electron chi connectivity index (χ3n) is 4.29. The molecule has 2 atom stereocenters. The van der Waals surface area contributed by atoms with Crippen LogP contribution in [0.4, 0.5) is 4.39 Å². The van der Waals surface area contributed by atoms with Gasteiger partial charge >= 0.3 is 0 Å². The molecule has 0 radical (unpaired) electrons. The van der Waals surface area contributed by atoms with Crippen LogP contribution in [0.15, 0.2) is 36.4 Å². The first-order valence-electron chi connectivity index (χ1n) is 7.00. The van der Waals surface area contributed by atoms with E-state index < -0.39 is 5.41 Å². The van der Waals surface area contributed by atoms with E-state index in [-0.39, 0.29) is 30.3 Å². The molecule has 0 spiro atoms. The molecule has 3 nitrogen and oxygen atoms in total. The fraction of sp³-hybridized carbons (Fsp3) is 0.438. The molecule has 0 heterocycles. The molecule has 1 saturated carbocycles. The summed E-state index contributed by atoms with van der Waals surface area (Å²) in [7, 11) is 0. The van der Waals surface area contributed by atoms with Crippen LogP contribution in [0.3, 0.4) is 0 Å². The third kappa shape index (κ3) is 2.36. The molecule has 0 bridgehead atoms. The van der Waals surface area contributed by atoms with Crippen LogP contribution < -0.4 is 5.32 Å². The van der Waals surface area contributed by atoms with Gasteiger partial charge in [-0.2, -0.15) is 0 Å². The molecule has 0 aliphatic heterocycles. The maximum atomic E-state index is 13.3. The predicted octanol–water partition coefficient (Wildman–Crippen LogP) is 1.91. The zero-order valence-electron chi connectivity index (χ0n) is 11.2. The van der Waals surface area contributed by atoms with Crippen LogP contribution in [-0.4, -0.2) is 23.7 Å². The Morgan fingerprint density at radius 2 is 2.20 bits per heavy atom. The number of nitrogens with one attached hydrogen (secondary N) is 1. The van der Waals surface area contributed by atoms with E-state index in [4.69, 9.17) is 5.11 Å². The van der Waals surface area contributed by atoms with Gasteiger partial charge in [-0.05, 0) is 37.0 Å². The molecule has 0 aromatic heterocycles. The predicted molar refractivity (Wildman–Crippen MR) is 73.6 cm³/mol. The Kier molecular flexibility index (Phi) is 3.34. The third-order valence-corrected chi connectivity index (χ3v) is 4.29. The van der Waals surface area contributed by atoms with Crippen molar-refractivity contribution < 1.29 is 14.3 Å². The van der Waals surface area contributed by atoms with Crippen molar-refractivity contribution in [3.8, 4) is 0 Å². The molecule has 4 heteroatoms. The van der Waals surface area contributed by atoms with Gasteiger partial charge in [0.25, 0.3) is 0 Å². The van der Waals surface area contributed by atoms with E-state index in [0.717, 1.165) is 24.8 Å². The van der Waals surface area contributed by atoms with E-state index >= 15 is 0 Å². The summed E-state index contributed by atoms with van der Waals surface area (Å²) in [6.07, 6.45) is 6.14. The van der Waals surface area contributed by atoms with Crippen molar-refractivity contribution >= 4 is 5.91 Å². The van der Waals surface area contributed by atoms with Gasteiger partial charge in [-0.15, -0.1) is 0 Å². The number of aliphatic hydroxyl groups excluding tert-OH is 1. The molecule has 2 N–H and O–H groups in total. The summed E-state index contributed by atoms with van der Waals surface area (Å²) < 4.78 is 13.3. The number of carbonyl (C=O) groups excluding carboxylic acids is 1. The average molecular weight is 275 g/mol. The van der Waals surface area contributed by atoms with E-state index in [1.807, 2.05) is 18.2 Å². The molecule has 106 valence electrons. The summed E-state index contributed by atoms with van der Waals surface area (Å²) in [6.45, 7) is 0.109. The minimum Gasteiger partial charge on any atom is -0.396 e. The highest BCUT2D eigenvalue weighted by molar-refractivity contribution is 5.91. The van der Waals surface area contributed by atoms with Gasteiger partial charge in [-0.1, -0.05) is 24.3 Å². The zero-order valence-corrected chi connectivity index (χ0v) is 11.2. The number of halogens is 1. The van der Waals surface area contributed by atoms with Gasteiger partial charge in [0.1, 0.15) is 5.82 Å². The molecule has 3 rings (SSSR count). The molecule has 1 amide bonds. The van der Waals surface area contributed by atoms with E-state index in [2.05, 4.69) is 5.32 Å². The molecule has 1 fully saturated rings. The molecule has 2 aliphatic rings. The quantitative estimate of drug-likeness (QED) is 0.825. The molecular formula is C16H18FNO2. The second-order valence-electron chi connectivity index (χ2n) is 5.74. The number of benzene rings is 1. The number of rotatable bonds is 4. The maximum Gasteiger partial charge on any atom is 0.231 e. The highest BCUT2D eigenvalue weighted by Crippen LogP contribution is 2.48. The molecule has 1 aromatic carbocycles. The monoisotopic (exact) mass is 275 g/mol. The Labute approximate surface area is 117 Å². The van der Waals surface area contributed by atoms with Crippen LogP contribution in [0.5, 0.6) is 0 Å². The lowest BCUT2D eigenvalue weighted by molar-refractivity contribution is -0.124. The van der Waals surface area contributed by atoms with Crippen molar-refractivity contribution in [2.24, 2.45) is 5.92 Å². The summed E-state index contributed by atoms with van der Waals surface area (Å²) >= 11 is 0. The van der Waals surface area contributed by atoms with E-state index in [9.17, 15) is 9.18 Å². The summed E-state index contributed by atoms with van der Waals surface area (Å²) in [6, 6.07) is 6.29. The van der Waals surface area contributed by atoms with Crippen LogP contribution in [0.2, 0.25) is 0 Å². The standard InChI is InChI=1S/C16H18FNO2/c17-13-3-1-2-12(9-13)16(6-7-16)15(20)18-14-5-4-11(8-14)10-19/h1-5,9,11,14,19H,6-8,10H2,(H,18,20)/t11-,14+/m0/s1. The van der Waals surface area contributed by atoms with Crippen molar-refractivity contribution in [2.75, 3.05) is 6.61 Å². The SMILES string of the molecule is O=C(N[C@@H]1C=C[C@H](CO)C1)C1(c2cccc(F)c2)CC1. The van der Waals surface area contributed by atoms with Crippen molar-refractivity contribution in [3.63, 3.8) is 0 Å². The van der Waals surface area contributed by atoms with Crippen molar-refractivity contribution in [3.05, 3.63) is 47.8 Å². The molecule has 0 unspecified atom stereocenters. The first kappa shape index (κ1) is 13.3. The van der Waals surface area contributed by atoms with Crippen LogP contribution >= 0.6 is 0 Å². The number of hydrogen-bond donors (Lipinski definition) is 2. The summed E-state index contributed by atoms with van der Waals surface area (Å²) in [5.74, 6) is -0.205. The van der Waals surface area contributed by atoms with Crippen LogP contribution in [0.25, 0.3) is 0 Å². The molecule has 2 aliphatic carbocycles. The average Bonchev–Trinajstić information content (AvgIpc) is 3.14. The normalized spacial score (nSPS) is 26.5. The molecular weight excluding hydrogens is 257 g/mol. The fourth-order valence-electron chi connectivity index (χ4n) is 2.88. The van der Waals surface area contributed by atoms with Gasteiger partial charge in [0.2, 0.25) is 5.91 Å².